The van der Waals surface area contributed by atoms with E-state index in [9.17, 15) is 9.90 Å². The summed E-state index contributed by atoms with van der Waals surface area (Å²) >= 11 is 0. The van der Waals surface area contributed by atoms with Crippen molar-refractivity contribution in [2.75, 3.05) is 11.9 Å². The van der Waals surface area contributed by atoms with Crippen molar-refractivity contribution in [1.29, 1.82) is 0 Å². The quantitative estimate of drug-likeness (QED) is 0.867. The van der Waals surface area contributed by atoms with Crippen LogP contribution in [0.1, 0.15) is 43.7 Å². The van der Waals surface area contributed by atoms with Gasteiger partial charge in [-0.25, -0.2) is 0 Å². The first-order chi connectivity index (χ1) is 9.65. The molecule has 1 saturated carbocycles. The molecule has 1 aromatic carbocycles. The monoisotopic (exact) mass is 274 g/mol. The second-order valence-corrected chi connectivity index (χ2v) is 5.94. The van der Waals surface area contributed by atoms with Gasteiger partial charge in [0.25, 0.3) is 0 Å². The fourth-order valence-electron chi connectivity index (χ4n) is 3.32. The van der Waals surface area contributed by atoms with Crippen LogP contribution < -0.4 is 10.2 Å². The molecule has 4 nitrogen and oxygen atoms in total. The predicted octanol–water partition coefficient (Wildman–Crippen LogP) is 1.99. The van der Waals surface area contributed by atoms with Gasteiger partial charge in [0, 0.05) is 31.2 Å². The fraction of sp³-hybridized carbons (Fsp3) is 0.562. The zero-order valence-electron chi connectivity index (χ0n) is 11.9. The average Bonchev–Trinajstić information content (AvgIpc) is 2.47. The van der Waals surface area contributed by atoms with E-state index in [0.29, 0.717) is 12.5 Å². The Morgan fingerprint density at radius 2 is 1.90 bits per heavy atom. The minimum atomic E-state index is -0.139. The van der Waals surface area contributed by atoms with Crippen molar-refractivity contribution in [3.8, 4) is 0 Å². The first-order valence-electron chi connectivity index (χ1n) is 7.44. The first kappa shape index (κ1) is 13.6. The van der Waals surface area contributed by atoms with Crippen LogP contribution in [0.25, 0.3) is 0 Å². The van der Waals surface area contributed by atoms with Crippen molar-refractivity contribution >= 4 is 11.6 Å². The first-order valence-corrected chi connectivity index (χ1v) is 7.44. The molecular formula is C16H22N2O2. The second kappa shape index (κ2) is 5.54. The van der Waals surface area contributed by atoms with Gasteiger partial charge >= 0.3 is 0 Å². The lowest BCUT2D eigenvalue weighted by Gasteiger charge is -2.36. The second-order valence-electron chi connectivity index (χ2n) is 5.94. The fourth-order valence-corrected chi connectivity index (χ4v) is 3.32. The number of para-hydroxylation sites is 1. The van der Waals surface area contributed by atoms with Crippen LogP contribution in [0.3, 0.4) is 0 Å². The van der Waals surface area contributed by atoms with Gasteiger partial charge in [0.05, 0.1) is 6.10 Å². The van der Waals surface area contributed by atoms with Gasteiger partial charge in [-0.1, -0.05) is 18.2 Å². The molecule has 2 N–H and O–H groups in total. The maximum atomic E-state index is 12.1. The Kier molecular flexibility index (Phi) is 3.76. The van der Waals surface area contributed by atoms with E-state index in [2.05, 4.69) is 11.4 Å². The van der Waals surface area contributed by atoms with Crippen LogP contribution in [-0.2, 0) is 4.79 Å². The van der Waals surface area contributed by atoms with Crippen molar-refractivity contribution in [3.05, 3.63) is 29.8 Å². The molecule has 0 spiro atoms. The van der Waals surface area contributed by atoms with E-state index >= 15 is 0 Å². The average molecular weight is 274 g/mol. The van der Waals surface area contributed by atoms with E-state index in [1.807, 2.05) is 25.2 Å². The molecule has 0 bridgehead atoms. The molecule has 1 amide bonds. The minimum absolute atomic E-state index is 0.107. The molecule has 1 atom stereocenters. The number of carbonyl (C=O) groups excluding carboxylic acids is 1. The molecule has 1 fully saturated rings. The molecule has 1 unspecified atom stereocenters. The highest BCUT2D eigenvalue weighted by Gasteiger charge is 2.31. The number of hydrogen-bond acceptors (Lipinski definition) is 3. The van der Waals surface area contributed by atoms with E-state index in [1.54, 1.807) is 4.90 Å². The van der Waals surface area contributed by atoms with Gasteiger partial charge in [-0.2, -0.15) is 0 Å². The summed E-state index contributed by atoms with van der Waals surface area (Å²) in [4.78, 5) is 13.9. The SMILES string of the molecule is CN1C(=O)CC(NC2CCC(O)CC2)c2ccccc21. The van der Waals surface area contributed by atoms with Gasteiger partial charge in [0.1, 0.15) is 0 Å². The van der Waals surface area contributed by atoms with Crippen molar-refractivity contribution < 1.29 is 9.90 Å². The Balaban J connectivity index is 1.77. The zero-order valence-corrected chi connectivity index (χ0v) is 11.9. The third-order valence-corrected chi connectivity index (χ3v) is 4.56. The van der Waals surface area contributed by atoms with E-state index in [4.69, 9.17) is 0 Å². The third-order valence-electron chi connectivity index (χ3n) is 4.56. The summed E-state index contributed by atoms with van der Waals surface area (Å²) in [7, 11) is 1.84. The highest BCUT2D eigenvalue weighted by atomic mass is 16.3. The number of amides is 1. The van der Waals surface area contributed by atoms with Gasteiger partial charge in [-0.3, -0.25) is 4.79 Å². The molecule has 4 heteroatoms. The lowest BCUT2D eigenvalue weighted by Crippen LogP contribution is -2.42. The molecule has 3 rings (SSSR count). The van der Waals surface area contributed by atoms with Crippen LogP contribution >= 0.6 is 0 Å². The highest BCUT2D eigenvalue weighted by Crippen LogP contribution is 2.34. The number of nitrogens with one attached hydrogen (secondary N) is 1. The largest absolute Gasteiger partial charge is 0.393 e. The topological polar surface area (TPSA) is 52.6 Å². The number of hydrogen-bond donors (Lipinski definition) is 2. The number of fused-ring (bicyclic) bond motifs is 1. The number of aliphatic hydroxyl groups is 1. The number of aliphatic hydroxyl groups excluding tert-OH is 1. The van der Waals surface area contributed by atoms with Gasteiger partial charge in [0.15, 0.2) is 0 Å². The molecule has 2 aliphatic rings. The Hall–Kier alpha value is -1.39. The molecule has 108 valence electrons. The summed E-state index contributed by atoms with van der Waals surface area (Å²) < 4.78 is 0. The summed E-state index contributed by atoms with van der Waals surface area (Å²) in [6.07, 6.45) is 4.08. The van der Waals surface area contributed by atoms with Crippen molar-refractivity contribution in [1.82, 2.24) is 5.32 Å². The smallest absolute Gasteiger partial charge is 0.228 e. The molecule has 1 aliphatic heterocycles. The Morgan fingerprint density at radius 1 is 1.20 bits per heavy atom. The predicted molar refractivity (Wildman–Crippen MR) is 78.6 cm³/mol. The maximum Gasteiger partial charge on any atom is 0.228 e. The van der Waals surface area contributed by atoms with Gasteiger partial charge < -0.3 is 15.3 Å². The van der Waals surface area contributed by atoms with Crippen LogP contribution in [0.15, 0.2) is 24.3 Å². The van der Waals surface area contributed by atoms with Crippen molar-refractivity contribution in [2.45, 2.75) is 50.3 Å². The molecule has 1 heterocycles. The number of rotatable bonds is 2. The molecule has 1 aliphatic carbocycles. The number of nitrogens with zero attached hydrogens (tertiary/aromatic N) is 1. The zero-order chi connectivity index (χ0) is 14.1. The lowest BCUT2D eigenvalue weighted by molar-refractivity contribution is -0.119. The summed E-state index contributed by atoms with van der Waals surface area (Å²) in [5.41, 5.74) is 2.22. The Labute approximate surface area is 119 Å². The summed E-state index contributed by atoms with van der Waals surface area (Å²) in [6, 6.07) is 8.63. The molecule has 0 saturated heterocycles. The van der Waals surface area contributed by atoms with Crippen LogP contribution in [0.2, 0.25) is 0 Å². The molecule has 1 aromatic rings. The van der Waals surface area contributed by atoms with E-state index in [1.165, 1.54) is 5.56 Å². The number of benzene rings is 1. The molecule has 20 heavy (non-hydrogen) atoms. The Morgan fingerprint density at radius 3 is 2.65 bits per heavy atom. The molecule has 0 aromatic heterocycles. The van der Waals surface area contributed by atoms with Gasteiger partial charge in [-0.05, 0) is 37.3 Å². The molecule has 0 radical (unpaired) electrons. The van der Waals surface area contributed by atoms with Crippen LogP contribution in [0, 0.1) is 0 Å². The summed E-state index contributed by atoms with van der Waals surface area (Å²) in [5.74, 6) is 0.164. The van der Waals surface area contributed by atoms with Crippen LogP contribution in [-0.4, -0.2) is 30.2 Å². The number of anilines is 1. The van der Waals surface area contributed by atoms with Crippen molar-refractivity contribution in [2.24, 2.45) is 0 Å². The summed E-state index contributed by atoms with van der Waals surface area (Å²) in [6.45, 7) is 0. The lowest BCUT2D eigenvalue weighted by atomic mass is 9.90. The molecular weight excluding hydrogens is 252 g/mol. The maximum absolute atomic E-state index is 12.1. The van der Waals surface area contributed by atoms with E-state index in [0.717, 1.165) is 31.4 Å². The summed E-state index contributed by atoms with van der Waals surface area (Å²) in [5, 5.41) is 13.2. The normalized spacial score (nSPS) is 30.2. The standard InChI is InChI=1S/C16H22N2O2/c1-18-15-5-3-2-4-13(15)14(10-16(18)20)17-11-6-8-12(19)9-7-11/h2-5,11-12,14,17,19H,6-10H2,1H3. The van der Waals surface area contributed by atoms with Crippen LogP contribution in [0.5, 0.6) is 0 Å². The van der Waals surface area contributed by atoms with Crippen molar-refractivity contribution in [3.63, 3.8) is 0 Å². The van der Waals surface area contributed by atoms with Gasteiger partial charge in [-0.15, -0.1) is 0 Å². The Bertz CT molecular complexity index is 495. The third kappa shape index (κ3) is 2.58. The van der Waals surface area contributed by atoms with E-state index in [-0.39, 0.29) is 18.1 Å². The highest BCUT2D eigenvalue weighted by molar-refractivity contribution is 5.96. The minimum Gasteiger partial charge on any atom is -0.393 e. The van der Waals surface area contributed by atoms with Gasteiger partial charge in [0.2, 0.25) is 5.91 Å². The van der Waals surface area contributed by atoms with Crippen LogP contribution in [0.4, 0.5) is 5.69 Å². The number of carbonyl (C=O) groups is 1. The van der Waals surface area contributed by atoms with E-state index < -0.39 is 0 Å².